The van der Waals surface area contributed by atoms with E-state index in [1.165, 1.54) is 12.1 Å². The van der Waals surface area contributed by atoms with E-state index in [0.717, 1.165) is 8.95 Å². The number of nitrogens with one attached hydrogen (secondary N) is 1. The maximum absolute atomic E-state index is 12.2. The van der Waals surface area contributed by atoms with Gasteiger partial charge in [0.2, 0.25) is 0 Å². The van der Waals surface area contributed by atoms with Crippen molar-refractivity contribution < 1.29 is 4.79 Å². The predicted octanol–water partition coefficient (Wildman–Crippen LogP) is 6.42. The number of hydrogen-bond donors (Lipinski definition) is 1. The molecule has 0 aliphatic rings. The molecule has 0 saturated heterocycles. The first-order valence-electron chi connectivity index (χ1n) is 5.29. The molecule has 0 fully saturated rings. The first-order chi connectivity index (χ1) is 9.36. The number of benzene rings is 2. The second-order valence-electron chi connectivity index (χ2n) is 3.86. The largest absolute Gasteiger partial charge is 0.321 e. The van der Waals surface area contributed by atoms with Gasteiger partial charge in [-0.2, -0.15) is 0 Å². The van der Waals surface area contributed by atoms with Crippen molar-refractivity contribution in [1.29, 1.82) is 0 Å². The summed E-state index contributed by atoms with van der Waals surface area (Å²) >= 11 is 24.4. The zero-order valence-electron chi connectivity index (χ0n) is 9.68. The van der Waals surface area contributed by atoms with Gasteiger partial charge in [-0.25, -0.2) is 0 Å². The first-order valence-corrected chi connectivity index (χ1v) is 8.01. The van der Waals surface area contributed by atoms with Gasteiger partial charge in [-0.15, -0.1) is 0 Å². The molecule has 104 valence electrons. The van der Waals surface area contributed by atoms with Crippen molar-refractivity contribution in [3.05, 3.63) is 59.9 Å². The number of carbonyl (C=O) groups excluding carboxylic acids is 1. The molecule has 0 atom stereocenters. The fraction of sp³-hybridized carbons (Fsp3) is 0. The molecule has 0 bridgehead atoms. The van der Waals surface area contributed by atoms with Crippen molar-refractivity contribution >= 4 is 78.3 Å². The van der Waals surface area contributed by atoms with Gasteiger partial charge in [0.25, 0.3) is 5.91 Å². The van der Waals surface area contributed by atoms with Crippen molar-refractivity contribution in [3.63, 3.8) is 0 Å². The lowest BCUT2D eigenvalue weighted by atomic mass is 10.2. The van der Waals surface area contributed by atoms with Gasteiger partial charge < -0.3 is 5.32 Å². The number of carbonyl (C=O) groups is 1. The summed E-state index contributed by atoms with van der Waals surface area (Å²) in [5, 5.41) is 3.67. The van der Waals surface area contributed by atoms with Crippen LogP contribution in [0.4, 0.5) is 5.69 Å². The Morgan fingerprint density at radius 2 is 1.40 bits per heavy atom. The molecule has 2 aromatic carbocycles. The molecule has 0 unspecified atom stereocenters. The van der Waals surface area contributed by atoms with Crippen LogP contribution in [0, 0.1) is 0 Å². The standard InChI is InChI=1S/C13H6Br2Cl3NO/c14-7-1-6(2-8(15)3-7)13(20)19-12-5-10(17)9(16)4-11(12)18/h1-5H,(H,19,20). The Kier molecular flexibility index (Phi) is 5.37. The molecule has 7 heteroatoms. The number of amides is 1. The molecule has 0 aliphatic heterocycles. The Hall–Kier alpha value is -0.260. The summed E-state index contributed by atoms with van der Waals surface area (Å²) in [6.07, 6.45) is 0. The van der Waals surface area contributed by atoms with Crippen LogP contribution >= 0.6 is 66.7 Å². The molecule has 2 aromatic rings. The predicted molar refractivity (Wildman–Crippen MR) is 91.3 cm³/mol. The third kappa shape index (κ3) is 3.89. The molecule has 20 heavy (non-hydrogen) atoms. The van der Waals surface area contributed by atoms with Crippen LogP contribution in [0.5, 0.6) is 0 Å². The van der Waals surface area contributed by atoms with E-state index in [-0.39, 0.29) is 5.91 Å². The minimum atomic E-state index is -0.299. The number of hydrogen-bond acceptors (Lipinski definition) is 1. The summed E-state index contributed by atoms with van der Waals surface area (Å²) in [5.74, 6) is -0.299. The van der Waals surface area contributed by atoms with Crippen molar-refractivity contribution in [1.82, 2.24) is 0 Å². The van der Waals surface area contributed by atoms with Gasteiger partial charge in [0.05, 0.1) is 20.8 Å². The van der Waals surface area contributed by atoms with Gasteiger partial charge in [0, 0.05) is 14.5 Å². The van der Waals surface area contributed by atoms with Crippen LogP contribution in [0.25, 0.3) is 0 Å². The van der Waals surface area contributed by atoms with Crippen LogP contribution in [0.3, 0.4) is 0 Å². The van der Waals surface area contributed by atoms with E-state index in [1.54, 1.807) is 12.1 Å². The summed E-state index contributed by atoms with van der Waals surface area (Å²) in [7, 11) is 0. The number of anilines is 1. The molecule has 0 radical (unpaired) electrons. The number of halogens is 5. The van der Waals surface area contributed by atoms with E-state index in [9.17, 15) is 4.79 Å². The average Bonchev–Trinajstić information content (AvgIpc) is 2.34. The highest BCUT2D eigenvalue weighted by atomic mass is 79.9. The van der Waals surface area contributed by atoms with E-state index in [1.807, 2.05) is 6.07 Å². The minimum absolute atomic E-state index is 0.299. The lowest BCUT2D eigenvalue weighted by molar-refractivity contribution is 0.102. The Bertz CT molecular complexity index is 671. The third-order valence-electron chi connectivity index (χ3n) is 2.38. The molecular formula is C13H6Br2Cl3NO. The van der Waals surface area contributed by atoms with Crippen molar-refractivity contribution in [3.8, 4) is 0 Å². The minimum Gasteiger partial charge on any atom is -0.321 e. The Morgan fingerprint density at radius 3 is 2.00 bits per heavy atom. The first kappa shape index (κ1) is 16.1. The van der Waals surface area contributed by atoms with E-state index in [2.05, 4.69) is 37.2 Å². The van der Waals surface area contributed by atoms with Gasteiger partial charge in [0.1, 0.15) is 0 Å². The van der Waals surface area contributed by atoms with Crippen LogP contribution in [0.15, 0.2) is 39.3 Å². The summed E-state index contributed by atoms with van der Waals surface area (Å²) in [6, 6.07) is 8.23. The van der Waals surface area contributed by atoms with E-state index in [0.29, 0.717) is 26.3 Å². The second kappa shape index (κ2) is 6.67. The van der Waals surface area contributed by atoms with E-state index in [4.69, 9.17) is 34.8 Å². The maximum atomic E-state index is 12.2. The highest BCUT2D eigenvalue weighted by Crippen LogP contribution is 2.32. The molecule has 0 heterocycles. The lowest BCUT2D eigenvalue weighted by Gasteiger charge is -2.09. The molecule has 0 aliphatic carbocycles. The SMILES string of the molecule is O=C(Nc1cc(Cl)c(Cl)cc1Cl)c1cc(Br)cc(Br)c1. The summed E-state index contributed by atoms with van der Waals surface area (Å²) < 4.78 is 1.58. The normalized spacial score (nSPS) is 10.4. The Morgan fingerprint density at radius 1 is 0.850 bits per heavy atom. The van der Waals surface area contributed by atoms with Crippen molar-refractivity contribution in [2.45, 2.75) is 0 Å². The van der Waals surface area contributed by atoms with Gasteiger partial charge >= 0.3 is 0 Å². The van der Waals surface area contributed by atoms with Crippen LogP contribution in [-0.4, -0.2) is 5.91 Å². The van der Waals surface area contributed by atoms with E-state index >= 15 is 0 Å². The molecular weight excluding hydrogens is 452 g/mol. The summed E-state index contributed by atoms with van der Waals surface area (Å²) in [4.78, 5) is 12.2. The monoisotopic (exact) mass is 455 g/mol. The second-order valence-corrected chi connectivity index (χ2v) is 6.91. The maximum Gasteiger partial charge on any atom is 0.255 e. The molecule has 1 N–H and O–H groups in total. The van der Waals surface area contributed by atoms with Crippen LogP contribution in [0.1, 0.15) is 10.4 Å². The summed E-state index contributed by atoms with van der Waals surface area (Å²) in [6.45, 7) is 0. The fourth-order valence-corrected chi connectivity index (χ4v) is 3.39. The molecule has 0 aromatic heterocycles. The summed E-state index contributed by atoms with van der Waals surface area (Å²) in [5.41, 5.74) is 0.885. The zero-order chi connectivity index (χ0) is 14.9. The zero-order valence-corrected chi connectivity index (χ0v) is 15.1. The fourth-order valence-electron chi connectivity index (χ4n) is 1.50. The van der Waals surface area contributed by atoms with Crippen LogP contribution in [0.2, 0.25) is 15.1 Å². The smallest absolute Gasteiger partial charge is 0.255 e. The van der Waals surface area contributed by atoms with Crippen molar-refractivity contribution in [2.24, 2.45) is 0 Å². The highest BCUT2D eigenvalue weighted by molar-refractivity contribution is 9.11. The Labute approximate surface area is 147 Å². The van der Waals surface area contributed by atoms with Crippen molar-refractivity contribution in [2.75, 3.05) is 5.32 Å². The molecule has 2 rings (SSSR count). The topological polar surface area (TPSA) is 29.1 Å². The van der Waals surface area contributed by atoms with Gasteiger partial charge in [0.15, 0.2) is 0 Å². The van der Waals surface area contributed by atoms with E-state index < -0.39 is 0 Å². The lowest BCUT2D eigenvalue weighted by Crippen LogP contribution is -2.12. The van der Waals surface area contributed by atoms with Gasteiger partial charge in [-0.3, -0.25) is 4.79 Å². The third-order valence-corrected chi connectivity index (χ3v) is 4.33. The highest BCUT2D eigenvalue weighted by Gasteiger charge is 2.12. The van der Waals surface area contributed by atoms with Crippen LogP contribution < -0.4 is 5.32 Å². The van der Waals surface area contributed by atoms with Gasteiger partial charge in [-0.05, 0) is 30.3 Å². The molecule has 0 spiro atoms. The number of rotatable bonds is 2. The molecule has 2 nitrogen and oxygen atoms in total. The molecule has 1 amide bonds. The van der Waals surface area contributed by atoms with Crippen LogP contribution in [-0.2, 0) is 0 Å². The molecule has 0 saturated carbocycles. The van der Waals surface area contributed by atoms with Gasteiger partial charge in [-0.1, -0.05) is 66.7 Å². The Balaban J connectivity index is 2.30. The average molecular weight is 458 g/mol. The quantitative estimate of drug-likeness (QED) is 0.517.